The Morgan fingerprint density at radius 3 is 2.29 bits per heavy atom. The van der Waals surface area contributed by atoms with Crippen LogP contribution in [0, 0.1) is 0 Å². The number of nitrogens with zero attached hydrogens (tertiary/aromatic N) is 1. The molecular weight excluding hydrogens is 218 g/mol. The van der Waals surface area contributed by atoms with E-state index in [2.05, 4.69) is 6.58 Å². The molecule has 0 radical (unpaired) electrons. The van der Waals surface area contributed by atoms with E-state index in [0.717, 1.165) is 19.4 Å². The summed E-state index contributed by atoms with van der Waals surface area (Å²) in [6.07, 6.45) is 2.88. The molecule has 0 rings (SSSR count). The smallest absolute Gasteiger partial charge is 0.245 e. The van der Waals surface area contributed by atoms with Gasteiger partial charge in [0, 0.05) is 32.7 Å². The Hall–Kier alpha value is -0.870. The highest BCUT2D eigenvalue weighted by Crippen LogP contribution is 2.06. The predicted molar refractivity (Wildman–Crippen MR) is 68.7 cm³/mol. The molecule has 0 spiro atoms. The molecule has 0 aliphatic heterocycles. The van der Waals surface area contributed by atoms with Gasteiger partial charge in [-0.15, -0.1) is 0 Å². The summed E-state index contributed by atoms with van der Waals surface area (Å²) in [5.74, 6) is -0.0168. The van der Waals surface area contributed by atoms with E-state index in [1.807, 2.05) is 20.8 Å². The van der Waals surface area contributed by atoms with E-state index in [1.54, 1.807) is 4.90 Å². The topological polar surface area (TPSA) is 38.8 Å². The molecule has 0 aliphatic carbocycles. The molecule has 0 aliphatic rings. The maximum absolute atomic E-state index is 11.4. The van der Waals surface area contributed by atoms with Crippen molar-refractivity contribution in [3.63, 3.8) is 0 Å². The average Bonchev–Trinajstić information content (AvgIpc) is 2.34. The van der Waals surface area contributed by atoms with Gasteiger partial charge in [-0.05, 0) is 33.3 Å². The fourth-order valence-electron chi connectivity index (χ4n) is 1.59. The largest absolute Gasteiger partial charge is 0.353 e. The summed E-state index contributed by atoms with van der Waals surface area (Å²) < 4.78 is 10.9. The van der Waals surface area contributed by atoms with Crippen LogP contribution in [0.15, 0.2) is 12.7 Å². The molecule has 100 valence electrons. The standard InChI is InChI=1S/C13H25NO3/c1-5-12(15)14(6-2)11-9-10-13(16-7-3)17-8-4/h5,13H,1,6-11H2,2-4H3. The Labute approximate surface area is 105 Å². The maximum atomic E-state index is 11.4. The van der Waals surface area contributed by atoms with Crippen molar-refractivity contribution < 1.29 is 14.3 Å². The van der Waals surface area contributed by atoms with Crippen LogP contribution in [-0.2, 0) is 14.3 Å². The zero-order valence-electron chi connectivity index (χ0n) is 11.3. The van der Waals surface area contributed by atoms with Crippen LogP contribution in [0.3, 0.4) is 0 Å². The molecule has 0 aromatic rings. The van der Waals surface area contributed by atoms with Crippen LogP contribution in [-0.4, -0.2) is 43.4 Å². The first kappa shape index (κ1) is 16.1. The lowest BCUT2D eigenvalue weighted by molar-refractivity contribution is -0.141. The van der Waals surface area contributed by atoms with Gasteiger partial charge in [0.05, 0.1) is 0 Å². The summed E-state index contributed by atoms with van der Waals surface area (Å²) in [5.41, 5.74) is 0. The Bertz CT molecular complexity index is 213. The molecule has 4 heteroatoms. The molecule has 0 atom stereocenters. The molecule has 0 aromatic heterocycles. The van der Waals surface area contributed by atoms with Gasteiger partial charge in [-0.3, -0.25) is 4.79 Å². The monoisotopic (exact) mass is 243 g/mol. The first-order valence-electron chi connectivity index (χ1n) is 6.34. The van der Waals surface area contributed by atoms with Crippen LogP contribution in [0.5, 0.6) is 0 Å². The van der Waals surface area contributed by atoms with Crippen molar-refractivity contribution in [1.29, 1.82) is 0 Å². The van der Waals surface area contributed by atoms with Crippen LogP contribution in [0.4, 0.5) is 0 Å². The van der Waals surface area contributed by atoms with Crippen molar-refractivity contribution in [2.75, 3.05) is 26.3 Å². The number of ether oxygens (including phenoxy) is 2. The van der Waals surface area contributed by atoms with Gasteiger partial charge in [0.2, 0.25) is 5.91 Å². The Morgan fingerprint density at radius 1 is 1.29 bits per heavy atom. The predicted octanol–water partition coefficient (Wildman–Crippen LogP) is 2.20. The highest BCUT2D eigenvalue weighted by molar-refractivity contribution is 5.86. The average molecular weight is 243 g/mol. The zero-order valence-corrected chi connectivity index (χ0v) is 11.3. The third kappa shape index (κ3) is 7.13. The first-order chi connectivity index (χ1) is 8.19. The van der Waals surface area contributed by atoms with E-state index in [1.165, 1.54) is 6.08 Å². The van der Waals surface area contributed by atoms with Gasteiger partial charge < -0.3 is 14.4 Å². The minimum atomic E-state index is -0.150. The fraction of sp³-hybridized carbons (Fsp3) is 0.769. The van der Waals surface area contributed by atoms with Gasteiger partial charge in [-0.2, -0.15) is 0 Å². The van der Waals surface area contributed by atoms with E-state index >= 15 is 0 Å². The Morgan fingerprint density at radius 2 is 1.88 bits per heavy atom. The molecule has 17 heavy (non-hydrogen) atoms. The molecule has 1 amide bonds. The third-order valence-electron chi connectivity index (χ3n) is 2.44. The second kappa shape index (κ2) is 10.3. The number of carbonyl (C=O) groups is 1. The molecule has 0 fully saturated rings. The van der Waals surface area contributed by atoms with E-state index in [0.29, 0.717) is 19.8 Å². The van der Waals surface area contributed by atoms with E-state index in [9.17, 15) is 4.79 Å². The molecule has 0 heterocycles. The van der Waals surface area contributed by atoms with Crippen molar-refractivity contribution in [2.45, 2.75) is 39.9 Å². The van der Waals surface area contributed by atoms with E-state index in [-0.39, 0.29) is 12.2 Å². The molecule has 0 saturated carbocycles. The second-order valence-corrected chi connectivity index (χ2v) is 3.60. The van der Waals surface area contributed by atoms with Crippen molar-refractivity contribution in [3.8, 4) is 0 Å². The van der Waals surface area contributed by atoms with Gasteiger partial charge >= 0.3 is 0 Å². The summed E-state index contributed by atoms with van der Waals surface area (Å²) in [6.45, 7) is 12.1. The first-order valence-corrected chi connectivity index (χ1v) is 6.34. The summed E-state index contributed by atoms with van der Waals surface area (Å²) in [4.78, 5) is 13.2. The van der Waals surface area contributed by atoms with E-state index < -0.39 is 0 Å². The summed E-state index contributed by atoms with van der Waals surface area (Å²) in [5, 5.41) is 0. The van der Waals surface area contributed by atoms with Gasteiger partial charge in [0.1, 0.15) is 0 Å². The van der Waals surface area contributed by atoms with Crippen LogP contribution in [0.25, 0.3) is 0 Å². The lowest BCUT2D eigenvalue weighted by Gasteiger charge is -2.21. The van der Waals surface area contributed by atoms with Crippen LogP contribution in [0.1, 0.15) is 33.6 Å². The van der Waals surface area contributed by atoms with Gasteiger partial charge in [-0.1, -0.05) is 6.58 Å². The lowest BCUT2D eigenvalue weighted by Crippen LogP contribution is -2.31. The maximum Gasteiger partial charge on any atom is 0.245 e. The van der Waals surface area contributed by atoms with Gasteiger partial charge in [0.25, 0.3) is 0 Å². The number of hydrogen-bond acceptors (Lipinski definition) is 3. The third-order valence-corrected chi connectivity index (χ3v) is 2.44. The highest BCUT2D eigenvalue weighted by Gasteiger charge is 2.11. The van der Waals surface area contributed by atoms with E-state index in [4.69, 9.17) is 9.47 Å². The number of hydrogen-bond donors (Lipinski definition) is 0. The van der Waals surface area contributed by atoms with Crippen LogP contribution in [0.2, 0.25) is 0 Å². The molecule has 4 nitrogen and oxygen atoms in total. The molecule has 0 unspecified atom stereocenters. The summed E-state index contributed by atoms with van der Waals surface area (Å²) in [6, 6.07) is 0. The van der Waals surface area contributed by atoms with Gasteiger partial charge in [-0.25, -0.2) is 0 Å². The SMILES string of the molecule is C=CC(=O)N(CC)CCCC(OCC)OCC. The quantitative estimate of drug-likeness (QED) is 0.436. The second-order valence-electron chi connectivity index (χ2n) is 3.60. The fourth-order valence-corrected chi connectivity index (χ4v) is 1.59. The number of amides is 1. The van der Waals surface area contributed by atoms with Gasteiger partial charge in [0.15, 0.2) is 6.29 Å². The van der Waals surface area contributed by atoms with Crippen LogP contribution >= 0.6 is 0 Å². The van der Waals surface area contributed by atoms with Crippen molar-refractivity contribution in [1.82, 2.24) is 4.90 Å². The van der Waals surface area contributed by atoms with Crippen molar-refractivity contribution in [2.24, 2.45) is 0 Å². The normalized spacial score (nSPS) is 10.6. The lowest BCUT2D eigenvalue weighted by atomic mass is 10.2. The zero-order chi connectivity index (χ0) is 13.1. The molecule has 0 saturated heterocycles. The summed E-state index contributed by atoms with van der Waals surface area (Å²) in [7, 11) is 0. The summed E-state index contributed by atoms with van der Waals surface area (Å²) >= 11 is 0. The molecular formula is C13H25NO3. The minimum absolute atomic E-state index is 0.0168. The number of carbonyl (C=O) groups excluding carboxylic acids is 1. The Balaban J connectivity index is 3.91. The molecule has 0 bridgehead atoms. The van der Waals surface area contributed by atoms with Crippen LogP contribution < -0.4 is 0 Å². The Kier molecular flexibility index (Phi) is 9.77. The number of rotatable bonds is 10. The molecule has 0 N–H and O–H groups in total. The minimum Gasteiger partial charge on any atom is -0.353 e. The highest BCUT2D eigenvalue weighted by atomic mass is 16.7. The van der Waals surface area contributed by atoms with Crippen molar-refractivity contribution in [3.05, 3.63) is 12.7 Å². The number of likely N-dealkylation sites (N-methyl/N-ethyl adjacent to an activating group) is 1. The van der Waals surface area contributed by atoms with Crippen molar-refractivity contribution >= 4 is 5.91 Å². The molecule has 0 aromatic carbocycles.